The standard InChI is InChI=1S/C14H13BrF2N2/c15-12-8(16)6-9(17)14-11(12)13(18)7-4-2-1-3-5-10(7)19-14/h6H,1-5H2,(H2,18,19). The van der Waals surface area contributed by atoms with Gasteiger partial charge in [-0.15, -0.1) is 0 Å². The van der Waals surface area contributed by atoms with Gasteiger partial charge in [0.1, 0.15) is 11.3 Å². The maximum atomic E-state index is 13.9. The van der Waals surface area contributed by atoms with Crippen LogP contribution >= 0.6 is 15.9 Å². The molecule has 1 aliphatic carbocycles. The fourth-order valence-corrected chi connectivity index (χ4v) is 3.22. The molecule has 2 nitrogen and oxygen atoms in total. The predicted molar refractivity (Wildman–Crippen MR) is 75.0 cm³/mol. The van der Waals surface area contributed by atoms with Crippen LogP contribution in [0.3, 0.4) is 0 Å². The summed E-state index contributed by atoms with van der Waals surface area (Å²) in [6.07, 6.45) is 4.83. The van der Waals surface area contributed by atoms with Gasteiger partial charge in [-0.25, -0.2) is 13.8 Å². The van der Waals surface area contributed by atoms with Crippen molar-refractivity contribution in [2.24, 2.45) is 0 Å². The van der Waals surface area contributed by atoms with E-state index in [1.165, 1.54) is 0 Å². The van der Waals surface area contributed by atoms with Gasteiger partial charge in [-0.05, 0) is 47.2 Å². The van der Waals surface area contributed by atoms with Crippen molar-refractivity contribution in [3.63, 3.8) is 0 Å². The van der Waals surface area contributed by atoms with E-state index in [4.69, 9.17) is 5.73 Å². The van der Waals surface area contributed by atoms with Crippen LogP contribution in [0.4, 0.5) is 14.5 Å². The number of pyridine rings is 1. The number of benzene rings is 1. The van der Waals surface area contributed by atoms with Crippen LogP contribution in [-0.4, -0.2) is 4.98 Å². The molecule has 3 rings (SSSR count). The number of nitrogens with two attached hydrogens (primary N) is 1. The zero-order valence-electron chi connectivity index (χ0n) is 10.3. The van der Waals surface area contributed by atoms with Crippen LogP contribution < -0.4 is 5.73 Å². The summed E-state index contributed by atoms with van der Waals surface area (Å²) in [6.45, 7) is 0. The normalized spacial score (nSPS) is 15.3. The molecule has 0 fully saturated rings. The van der Waals surface area contributed by atoms with Crippen molar-refractivity contribution >= 4 is 32.5 Å². The topological polar surface area (TPSA) is 38.9 Å². The first-order valence-corrected chi connectivity index (χ1v) is 7.13. The van der Waals surface area contributed by atoms with E-state index < -0.39 is 11.6 Å². The van der Waals surface area contributed by atoms with Crippen molar-refractivity contribution in [2.45, 2.75) is 32.1 Å². The van der Waals surface area contributed by atoms with E-state index in [0.29, 0.717) is 11.1 Å². The fraction of sp³-hybridized carbons (Fsp3) is 0.357. The summed E-state index contributed by atoms with van der Waals surface area (Å²) in [4.78, 5) is 4.39. The molecule has 1 aromatic heterocycles. The van der Waals surface area contributed by atoms with Gasteiger partial charge < -0.3 is 5.73 Å². The van der Waals surface area contributed by atoms with E-state index >= 15 is 0 Å². The van der Waals surface area contributed by atoms with Crippen molar-refractivity contribution in [1.82, 2.24) is 4.98 Å². The highest BCUT2D eigenvalue weighted by Gasteiger charge is 2.20. The summed E-state index contributed by atoms with van der Waals surface area (Å²) in [6, 6.07) is 0.849. The maximum absolute atomic E-state index is 13.9. The highest BCUT2D eigenvalue weighted by molar-refractivity contribution is 9.10. The second-order valence-corrected chi connectivity index (χ2v) is 5.68. The van der Waals surface area contributed by atoms with Gasteiger partial charge >= 0.3 is 0 Å². The van der Waals surface area contributed by atoms with Crippen molar-refractivity contribution < 1.29 is 8.78 Å². The lowest BCUT2D eigenvalue weighted by Crippen LogP contribution is -2.05. The van der Waals surface area contributed by atoms with Gasteiger partial charge in [-0.2, -0.15) is 0 Å². The molecule has 0 spiro atoms. The molecule has 0 amide bonds. The van der Waals surface area contributed by atoms with E-state index in [0.717, 1.165) is 49.4 Å². The quantitative estimate of drug-likeness (QED) is 0.584. The summed E-state index contributed by atoms with van der Waals surface area (Å²) in [5, 5.41) is 0.359. The third kappa shape index (κ3) is 2.00. The number of nitrogens with zero attached hydrogens (tertiary/aromatic N) is 1. The highest BCUT2D eigenvalue weighted by Crippen LogP contribution is 2.37. The number of aromatic nitrogens is 1. The van der Waals surface area contributed by atoms with Crippen LogP contribution in [0.2, 0.25) is 0 Å². The van der Waals surface area contributed by atoms with Crippen LogP contribution in [0.25, 0.3) is 10.9 Å². The first-order valence-electron chi connectivity index (χ1n) is 6.34. The Labute approximate surface area is 118 Å². The minimum absolute atomic E-state index is 0.159. The third-order valence-corrected chi connectivity index (χ3v) is 4.45. The Morgan fingerprint density at radius 3 is 2.63 bits per heavy atom. The number of halogens is 3. The molecule has 0 unspecified atom stereocenters. The Morgan fingerprint density at radius 2 is 1.84 bits per heavy atom. The van der Waals surface area contributed by atoms with Crippen molar-refractivity contribution in [3.8, 4) is 0 Å². The van der Waals surface area contributed by atoms with Gasteiger partial charge in [0.25, 0.3) is 0 Å². The average Bonchev–Trinajstić information content (AvgIpc) is 2.61. The zero-order chi connectivity index (χ0) is 13.6. The molecule has 0 bridgehead atoms. The van der Waals surface area contributed by atoms with E-state index in [2.05, 4.69) is 20.9 Å². The summed E-state index contributed by atoms with van der Waals surface area (Å²) in [5.74, 6) is -1.30. The summed E-state index contributed by atoms with van der Waals surface area (Å²) < 4.78 is 27.7. The molecule has 0 aliphatic heterocycles. The first kappa shape index (κ1) is 12.8. The number of aryl methyl sites for hydroxylation is 1. The molecule has 0 atom stereocenters. The lowest BCUT2D eigenvalue weighted by atomic mass is 10.0. The number of rotatable bonds is 0. The Balaban J connectivity index is 2.41. The molecule has 100 valence electrons. The first-order chi connectivity index (χ1) is 9.09. The minimum atomic E-state index is -0.658. The molecule has 1 aromatic carbocycles. The average molecular weight is 327 g/mol. The van der Waals surface area contributed by atoms with Crippen LogP contribution in [0.15, 0.2) is 10.5 Å². The van der Waals surface area contributed by atoms with Crippen LogP contribution in [0.1, 0.15) is 30.5 Å². The molecule has 5 heteroatoms. The van der Waals surface area contributed by atoms with E-state index in [-0.39, 0.29) is 9.99 Å². The molecular formula is C14H13BrF2N2. The minimum Gasteiger partial charge on any atom is -0.398 e. The van der Waals surface area contributed by atoms with Crippen LogP contribution in [0.5, 0.6) is 0 Å². The number of hydrogen-bond donors (Lipinski definition) is 1. The van der Waals surface area contributed by atoms with E-state index in [1.807, 2.05) is 0 Å². The molecule has 0 saturated heterocycles. The zero-order valence-corrected chi connectivity index (χ0v) is 11.9. The third-order valence-electron chi connectivity index (χ3n) is 3.68. The van der Waals surface area contributed by atoms with Gasteiger partial charge in [0.15, 0.2) is 5.82 Å². The van der Waals surface area contributed by atoms with Crippen LogP contribution in [-0.2, 0) is 12.8 Å². The van der Waals surface area contributed by atoms with Gasteiger partial charge in [0, 0.05) is 22.8 Å². The van der Waals surface area contributed by atoms with E-state index in [9.17, 15) is 8.78 Å². The Morgan fingerprint density at radius 1 is 1.11 bits per heavy atom. The Hall–Kier alpha value is -1.23. The molecular weight excluding hydrogens is 314 g/mol. The summed E-state index contributed by atoms with van der Waals surface area (Å²) in [5.41, 5.74) is 8.58. The maximum Gasteiger partial charge on any atom is 0.152 e. The predicted octanol–water partition coefficient (Wildman–Crippen LogP) is 4.13. The van der Waals surface area contributed by atoms with Gasteiger partial charge in [0.05, 0.1) is 4.47 Å². The lowest BCUT2D eigenvalue weighted by molar-refractivity contribution is 0.586. The van der Waals surface area contributed by atoms with Gasteiger partial charge in [-0.1, -0.05) is 6.42 Å². The smallest absolute Gasteiger partial charge is 0.152 e. The molecule has 1 heterocycles. The Kier molecular flexibility index (Phi) is 3.17. The number of fused-ring (bicyclic) bond motifs is 2. The number of anilines is 1. The number of nitrogen functional groups attached to an aromatic ring is 1. The molecule has 2 aromatic rings. The molecule has 0 radical (unpaired) electrons. The summed E-state index contributed by atoms with van der Waals surface area (Å²) >= 11 is 3.15. The molecule has 1 aliphatic rings. The highest BCUT2D eigenvalue weighted by atomic mass is 79.9. The van der Waals surface area contributed by atoms with E-state index in [1.54, 1.807) is 0 Å². The molecule has 0 saturated carbocycles. The molecule has 19 heavy (non-hydrogen) atoms. The monoisotopic (exact) mass is 326 g/mol. The van der Waals surface area contributed by atoms with Crippen molar-refractivity contribution in [1.29, 1.82) is 0 Å². The Bertz CT molecular complexity index is 671. The largest absolute Gasteiger partial charge is 0.398 e. The number of hydrogen-bond acceptors (Lipinski definition) is 2. The van der Waals surface area contributed by atoms with Crippen LogP contribution in [0, 0.1) is 11.6 Å². The second-order valence-electron chi connectivity index (χ2n) is 4.89. The second kappa shape index (κ2) is 4.71. The fourth-order valence-electron chi connectivity index (χ4n) is 2.71. The van der Waals surface area contributed by atoms with Crippen molar-refractivity contribution in [3.05, 3.63) is 33.4 Å². The SMILES string of the molecule is Nc1c2c(nc3c(F)cc(F)c(Br)c13)CCCCC2. The summed E-state index contributed by atoms with van der Waals surface area (Å²) in [7, 11) is 0. The molecule has 2 N–H and O–H groups in total. The van der Waals surface area contributed by atoms with Crippen molar-refractivity contribution in [2.75, 3.05) is 5.73 Å². The lowest BCUT2D eigenvalue weighted by Gasteiger charge is -2.14. The van der Waals surface area contributed by atoms with Gasteiger partial charge in [0.2, 0.25) is 0 Å². The van der Waals surface area contributed by atoms with Gasteiger partial charge in [-0.3, -0.25) is 0 Å².